The summed E-state index contributed by atoms with van der Waals surface area (Å²) in [4.78, 5) is 0. The van der Waals surface area contributed by atoms with Gasteiger partial charge in [0, 0.05) is 24.8 Å². The standard InChI is InChI=1S/C12H25NO3/c1-10(2)13-12(3,9-14)5-7-16-11-4-6-15-8-11/h10-11,13-14H,4-9H2,1-3H3. The van der Waals surface area contributed by atoms with Gasteiger partial charge in [-0.15, -0.1) is 0 Å². The Morgan fingerprint density at radius 2 is 2.31 bits per heavy atom. The quantitative estimate of drug-likeness (QED) is 0.684. The zero-order chi connectivity index (χ0) is 12.0. The average molecular weight is 231 g/mol. The number of aliphatic hydroxyl groups excluding tert-OH is 1. The first-order valence-corrected chi connectivity index (χ1v) is 6.13. The van der Waals surface area contributed by atoms with Crippen LogP contribution in [0.1, 0.15) is 33.6 Å². The van der Waals surface area contributed by atoms with E-state index in [-0.39, 0.29) is 18.2 Å². The number of ether oxygens (including phenoxy) is 2. The molecule has 0 aliphatic carbocycles. The molecule has 0 spiro atoms. The predicted molar refractivity (Wildman–Crippen MR) is 63.6 cm³/mol. The van der Waals surface area contributed by atoms with Crippen LogP contribution in [0.2, 0.25) is 0 Å². The summed E-state index contributed by atoms with van der Waals surface area (Å²) in [6.45, 7) is 8.53. The van der Waals surface area contributed by atoms with Crippen molar-refractivity contribution in [2.45, 2.75) is 51.3 Å². The number of aliphatic hydroxyl groups is 1. The first kappa shape index (κ1) is 13.9. The SMILES string of the molecule is CC(C)NC(C)(CO)CCOC1CCOC1. The molecule has 1 rings (SSSR count). The lowest BCUT2D eigenvalue weighted by molar-refractivity contribution is 0.0231. The van der Waals surface area contributed by atoms with Crippen LogP contribution in [0.5, 0.6) is 0 Å². The minimum absolute atomic E-state index is 0.135. The molecule has 1 saturated heterocycles. The van der Waals surface area contributed by atoms with Crippen molar-refractivity contribution in [2.75, 3.05) is 26.4 Å². The monoisotopic (exact) mass is 231 g/mol. The molecule has 0 saturated carbocycles. The minimum atomic E-state index is -0.242. The highest BCUT2D eigenvalue weighted by molar-refractivity contribution is 4.83. The van der Waals surface area contributed by atoms with Crippen molar-refractivity contribution in [2.24, 2.45) is 0 Å². The number of hydrogen-bond donors (Lipinski definition) is 2. The predicted octanol–water partition coefficient (Wildman–Crippen LogP) is 0.931. The van der Waals surface area contributed by atoms with Crippen LogP contribution < -0.4 is 5.32 Å². The molecule has 1 aliphatic rings. The second kappa shape index (κ2) is 6.55. The van der Waals surface area contributed by atoms with Gasteiger partial charge in [0.1, 0.15) is 0 Å². The van der Waals surface area contributed by atoms with Gasteiger partial charge in [0.15, 0.2) is 0 Å². The lowest BCUT2D eigenvalue weighted by Gasteiger charge is -2.31. The van der Waals surface area contributed by atoms with E-state index in [1.54, 1.807) is 0 Å². The van der Waals surface area contributed by atoms with Gasteiger partial charge in [-0.05, 0) is 19.8 Å². The Balaban J connectivity index is 2.21. The van der Waals surface area contributed by atoms with Crippen molar-refractivity contribution < 1.29 is 14.6 Å². The van der Waals surface area contributed by atoms with Gasteiger partial charge in [-0.25, -0.2) is 0 Å². The molecule has 2 N–H and O–H groups in total. The van der Waals surface area contributed by atoms with Crippen molar-refractivity contribution in [3.05, 3.63) is 0 Å². The van der Waals surface area contributed by atoms with E-state index in [1.807, 2.05) is 6.92 Å². The molecule has 2 unspecified atom stereocenters. The summed E-state index contributed by atoms with van der Waals surface area (Å²) in [7, 11) is 0. The third-order valence-corrected chi connectivity index (χ3v) is 2.88. The molecule has 0 bridgehead atoms. The lowest BCUT2D eigenvalue weighted by atomic mass is 9.98. The van der Waals surface area contributed by atoms with Crippen LogP contribution in [0.25, 0.3) is 0 Å². The molecule has 16 heavy (non-hydrogen) atoms. The maximum atomic E-state index is 9.38. The Kier molecular flexibility index (Phi) is 5.69. The Bertz CT molecular complexity index is 193. The second-order valence-corrected chi connectivity index (χ2v) is 5.12. The summed E-state index contributed by atoms with van der Waals surface area (Å²) in [5, 5.41) is 12.8. The summed E-state index contributed by atoms with van der Waals surface area (Å²) in [6, 6.07) is 0.368. The van der Waals surface area contributed by atoms with Crippen LogP contribution in [0.4, 0.5) is 0 Å². The van der Waals surface area contributed by atoms with Crippen LogP contribution in [-0.4, -0.2) is 49.2 Å². The molecule has 0 radical (unpaired) electrons. The van der Waals surface area contributed by atoms with Crippen LogP contribution >= 0.6 is 0 Å². The van der Waals surface area contributed by atoms with E-state index >= 15 is 0 Å². The largest absolute Gasteiger partial charge is 0.394 e. The van der Waals surface area contributed by atoms with Crippen LogP contribution in [0.15, 0.2) is 0 Å². The molecule has 0 aromatic carbocycles. The molecular formula is C12H25NO3. The highest BCUT2D eigenvalue weighted by Crippen LogP contribution is 2.13. The summed E-state index contributed by atoms with van der Waals surface area (Å²) in [5.74, 6) is 0. The van der Waals surface area contributed by atoms with Gasteiger partial charge in [-0.2, -0.15) is 0 Å². The molecule has 0 aromatic rings. The molecule has 0 aromatic heterocycles. The number of rotatable bonds is 7. The molecule has 1 aliphatic heterocycles. The zero-order valence-electron chi connectivity index (χ0n) is 10.7. The molecule has 2 atom stereocenters. The van der Waals surface area contributed by atoms with Gasteiger partial charge < -0.3 is 19.9 Å². The molecular weight excluding hydrogens is 206 g/mol. The fourth-order valence-electron chi connectivity index (χ4n) is 1.99. The first-order valence-electron chi connectivity index (χ1n) is 6.13. The molecule has 1 fully saturated rings. The summed E-state index contributed by atoms with van der Waals surface area (Å²) in [6.07, 6.45) is 2.06. The van der Waals surface area contributed by atoms with E-state index in [0.29, 0.717) is 19.3 Å². The van der Waals surface area contributed by atoms with Gasteiger partial charge in [-0.3, -0.25) is 0 Å². The molecule has 1 heterocycles. The van der Waals surface area contributed by atoms with Crippen molar-refractivity contribution in [3.8, 4) is 0 Å². The Morgan fingerprint density at radius 1 is 1.56 bits per heavy atom. The van der Waals surface area contributed by atoms with E-state index in [9.17, 15) is 5.11 Å². The number of hydrogen-bond acceptors (Lipinski definition) is 4. The fraction of sp³-hybridized carbons (Fsp3) is 1.00. The molecule has 4 nitrogen and oxygen atoms in total. The van der Waals surface area contributed by atoms with Crippen molar-refractivity contribution in [1.82, 2.24) is 5.32 Å². The Labute approximate surface area is 98.3 Å². The number of nitrogens with one attached hydrogen (secondary N) is 1. The van der Waals surface area contributed by atoms with Crippen molar-refractivity contribution in [1.29, 1.82) is 0 Å². The van der Waals surface area contributed by atoms with Crippen molar-refractivity contribution in [3.63, 3.8) is 0 Å². The third kappa shape index (κ3) is 4.78. The summed E-state index contributed by atoms with van der Waals surface area (Å²) < 4.78 is 10.9. The normalized spacial score (nSPS) is 24.9. The van der Waals surface area contributed by atoms with Gasteiger partial charge in [0.25, 0.3) is 0 Å². The maximum absolute atomic E-state index is 9.38. The van der Waals surface area contributed by atoms with E-state index in [1.165, 1.54) is 0 Å². The van der Waals surface area contributed by atoms with Crippen molar-refractivity contribution >= 4 is 0 Å². The highest BCUT2D eigenvalue weighted by Gasteiger charge is 2.24. The van der Waals surface area contributed by atoms with Gasteiger partial charge in [0.2, 0.25) is 0 Å². The van der Waals surface area contributed by atoms with Gasteiger partial charge >= 0.3 is 0 Å². The van der Waals surface area contributed by atoms with E-state index in [2.05, 4.69) is 19.2 Å². The first-order chi connectivity index (χ1) is 7.56. The fourth-order valence-corrected chi connectivity index (χ4v) is 1.99. The van der Waals surface area contributed by atoms with Crippen LogP contribution in [0.3, 0.4) is 0 Å². The molecule has 0 amide bonds. The summed E-state index contributed by atoms with van der Waals surface area (Å²) in [5.41, 5.74) is -0.242. The highest BCUT2D eigenvalue weighted by atomic mass is 16.5. The molecule has 96 valence electrons. The molecule has 4 heteroatoms. The van der Waals surface area contributed by atoms with Crippen LogP contribution in [0, 0.1) is 0 Å². The van der Waals surface area contributed by atoms with E-state index in [0.717, 1.165) is 19.4 Å². The average Bonchev–Trinajstić information content (AvgIpc) is 2.69. The third-order valence-electron chi connectivity index (χ3n) is 2.88. The zero-order valence-corrected chi connectivity index (χ0v) is 10.7. The maximum Gasteiger partial charge on any atom is 0.0830 e. The van der Waals surface area contributed by atoms with Crippen LogP contribution in [-0.2, 0) is 9.47 Å². The summed E-state index contributed by atoms with van der Waals surface area (Å²) >= 11 is 0. The topological polar surface area (TPSA) is 50.7 Å². The lowest BCUT2D eigenvalue weighted by Crippen LogP contribution is -2.49. The van der Waals surface area contributed by atoms with Gasteiger partial charge in [-0.1, -0.05) is 13.8 Å². The smallest absolute Gasteiger partial charge is 0.0830 e. The van der Waals surface area contributed by atoms with Gasteiger partial charge in [0.05, 0.1) is 19.3 Å². The van der Waals surface area contributed by atoms with E-state index < -0.39 is 0 Å². The minimum Gasteiger partial charge on any atom is -0.394 e. The Morgan fingerprint density at radius 3 is 2.81 bits per heavy atom. The Hall–Kier alpha value is -0.160. The van der Waals surface area contributed by atoms with E-state index in [4.69, 9.17) is 9.47 Å². The second-order valence-electron chi connectivity index (χ2n) is 5.12.